The maximum atomic E-state index is 4.18. The highest BCUT2D eigenvalue weighted by Gasteiger charge is 2.20. The Kier molecular flexibility index (Phi) is 3.78. The molecule has 1 heterocycles. The van der Waals surface area contributed by atoms with E-state index < -0.39 is 0 Å². The molecule has 1 aliphatic carbocycles. The molecule has 2 unspecified atom stereocenters. The van der Waals surface area contributed by atoms with Crippen LogP contribution in [0.4, 0.5) is 0 Å². The highest BCUT2D eigenvalue weighted by atomic mass is 15.2. The van der Waals surface area contributed by atoms with Gasteiger partial charge in [0.25, 0.3) is 0 Å². The highest BCUT2D eigenvalue weighted by Crippen LogP contribution is 2.23. The van der Waals surface area contributed by atoms with Crippen molar-refractivity contribution in [2.45, 2.75) is 45.2 Å². The lowest BCUT2D eigenvalue weighted by Gasteiger charge is -2.29. The van der Waals surface area contributed by atoms with Crippen LogP contribution in [-0.4, -0.2) is 15.8 Å². The first-order valence-corrected chi connectivity index (χ1v) is 6.18. The zero-order valence-corrected chi connectivity index (χ0v) is 10.0. The van der Waals surface area contributed by atoms with Gasteiger partial charge < -0.3 is 5.32 Å². The van der Waals surface area contributed by atoms with Crippen molar-refractivity contribution >= 4 is 6.20 Å². The summed E-state index contributed by atoms with van der Waals surface area (Å²) in [7, 11) is 0. The van der Waals surface area contributed by atoms with Gasteiger partial charge in [0.2, 0.25) is 0 Å². The molecule has 0 bridgehead atoms. The van der Waals surface area contributed by atoms with Gasteiger partial charge >= 0.3 is 0 Å². The second-order valence-electron chi connectivity index (χ2n) is 4.76. The lowest BCUT2D eigenvalue weighted by atomic mass is 9.86. The fraction of sp³-hybridized carbons (Fsp3) is 0.615. The summed E-state index contributed by atoms with van der Waals surface area (Å²) in [4.78, 5) is 0. The number of hydrogen-bond acceptors (Lipinski definition) is 2. The van der Waals surface area contributed by atoms with Crippen molar-refractivity contribution in [1.29, 1.82) is 0 Å². The summed E-state index contributed by atoms with van der Waals surface area (Å²) in [6.45, 7) is 6.96. The molecule has 1 aromatic rings. The summed E-state index contributed by atoms with van der Waals surface area (Å²) in [5, 5.41) is 7.81. The largest absolute Gasteiger partial charge is 0.310 e. The summed E-state index contributed by atoms with van der Waals surface area (Å²) < 4.78 is 1.75. The van der Waals surface area contributed by atoms with E-state index in [2.05, 4.69) is 23.9 Å². The van der Waals surface area contributed by atoms with E-state index in [0.717, 1.165) is 12.5 Å². The van der Waals surface area contributed by atoms with Crippen molar-refractivity contribution in [2.75, 3.05) is 0 Å². The molecule has 0 saturated heterocycles. The molecular formula is C13H21N3. The van der Waals surface area contributed by atoms with E-state index in [0.29, 0.717) is 6.04 Å². The Balaban J connectivity index is 1.83. The van der Waals surface area contributed by atoms with Crippen molar-refractivity contribution < 1.29 is 0 Å². The van der Waals surface area contributed by atoms with E-state index in [1.807, 2.05) is 12.4 Å². The number of hydrogen-bond donors (Lipinski definition) is 1. The lowest BCUT2D eigenvalue weighted by molar-refractivity contribution is 0.279. The van der Waals surface area contributed by atoms with Gasteiger partial charge in [-0.2, -0.15) is 5.10 Å². The van der Waals surface area contributed by atoms with Gasteiger partial charge in [0.1, 0.15) is 0 Å². The van der Waals surface area contributed by atoms with Crippen LogP contribution in [0.5, 0.6) is 0 Å². The zero-order valence-electron chi connectivity index (χ0n) is 10.0. The van der Waals surface area contributed by atoms with Crippen molar-refractivity contribution in [3.8, 4) is 0 Å². The van der Waals surface area contributed by atoms with Crippen molar-refractivity contribution in [3.05, 3.63) is 24.5 Å². The topological polar surface area (TPSA) is 29.9 Å². The molecule has 0 spiro atoms. The Morgan fingerprint density at radius 1 is 1.56 bits per heavy atom. The third kappa shape index (κ3) is 2.73. The first-order chi connectivity index (χ1) is 7.79. The van der Waals surface area contributed by atoms with Gasteiger partial charge in [0.05, 0.1) is 6.20 Å². The zero-order chi connectivity index (χ0) is 11.4. The molecule has 0 aromatic carbocycles. The molecule has 1 aromatic heterocycles. The number of nitrogens with zero attached hydrogens (tertiary/aromatic N) is 2. The summed E-state index contributed by atoms with van der Waals surface area (Å²) in [5.74, 6) is 0.809. The van der Waals surface area contributed by atoms with Crippen molar-refractivity contribution in [2.24, 2.45) is 5.92 Å². The van der Waals surface area contributed by atoms with Crippen LogP contribution in [0.2, 0.25) is 0 Å². The molecule has 2 atom stereocenters. The van der Waals surface area contributed by atoms with Gasteiger partial charge in [0, 0.05) is 30.5 Å². The molecule has 0 radical (unpaired) electrons. The van der Waals surface area contributed by atoms with Gasteiger partial charge in [-0.3, -0.25) is 0 Å². The third-order valence-corrected chi connectivity index (χ3v) is 3.52. The minimum atomic E-state index is 0.681. The minimum absolute atomic E-state index is 0.681. The van der Waals surface area contributed by atoms with Crippen molar-refractivity contribution in [3.63, 3.8) is 0 Å². The maximum Gasteiger partial charge on any atom is 0.0538 e. The molecule has 0 aliphatic heterocycles. The van der Waals surface area contributed by atoms with Crippen LogP contribution in [-0.2, 0) is 6.54 Å². The highest BCUT2D eigenvalue weighted by molar-refractivity contribution is 5.17. The molecular weight excluding hydrogens is 198 g/mol. The normalized spacial score (nSPS) is 25.6. The van der Waals surface area contributed by atoms with E-state index in [4.69, 9.17) is 0 Å². The molecule has 1 N–H and O–H groups in total. The quantitative estimate of drug-likeness (QED) is 0.843. The summed E-state index contributed by atoms with van der Waals surface area (Å²) in [6, 6.07) is 0.681. The Hall–Kier alpha value is -1.09. The average Bonchev–Trinajstić information content (AvgIpc) is 2.76. The fourth-order valence-corrected chi connectivity index (χ4v) is 2.44. The van der Waals surface area contributed by atoms with Crippen LogP contribution < -0.4 is 5.32 Å². The number of nitrogens with one attached hydrogen (secondary N) is 1. The third-order valence-electron chi connectivity index (χ3n) is 3.52. The Bertz CT molecular complexity index is 343. The van der Waals surface area contributed by atoms with E-state index >= 15 is 0 Å². The second-order valence-corrected chi connectivity index (χ2v) is 4.76. The van der Waals surface area contributed by atoms with E-state index in [-0.39, 0.29) is 0 Å². The van der Waals surface area contributed by atoms with Crippen LogP contribution in [0.3, 0.4) is 0 Å². The Morgan fingerprint density at radius 3 is 3.06 bits per heavy atom. The first kappa shape index (κ1) is 11.4. The smallest absolute Gasteiger partial charge is 0.0538 e. The predicted octanol–water partition coefficient (Wildman–Crippen LogP) is 2.65. The summed E-state index contributed by atoms with van der Waals surface area (Å²) >= 11 is 0. The van der Waals surface area contributed by atoms with E-state index in [9.17, 15) is 0 Å². The predicted molar refractivity (Wildman–Crippen MR) is 66.9 cm³/mol. The van der Waals surface area contributed by atoms with Gasteiger partial charge in [-0.25, -0.2) is 4.68 Å². The number of rotatable bonds is 4. The Labute approximate surface area is 97.5 Å². The standard InChI is InChI=1S/C13H21N3/c1-3-16-10-12(9-15-16)8-14-13-7-5-4-6-11(13)2/h3,9-11,13-14H,1,4-8H2,2H3. The maximum absolute atomic E-state index is 4.18. The fourth-order valence-electron chi connectivity index (χ4n) is 2.44. The molecule has 88 valence electrons. The summed E-state index contributed by atoms with van der Waals surface area (Å²) in [5.41, 5.74) is 1.23. The Morgan fingerprint density at radius 2 is 2.38 bits per heavy atom. The van der Waals surface area contributed by atoms with E-state index in [1.54, 1.807) is 10.9 Å². The van der Waals surface area contributed by atoms with E-state index in [1.165, 1.54) is 31.2 Å². The molecule has 3 nitrogen and oxygen atoms in total. The second kappa shape index (κ2) is 5.30. The van der Waals surface area contributed by atoms with Gasteiger partial charge in [0.15, 0.2) is 0 Å². The molecule has 16 heavy (non-hydrogen) atoms. The van der Waals surface area contributed by atoms with Gasteiger partial charge in [-0.1, -0.05) is 26.3 Å². The monoisotopic (exact) mass is 219 g/mol. The number of aromatic nitrogens is 2. The van der Waals surface area contributed by atoms with Gasteiger partial charge in [-0.15, -0.1) is 0 Å². The van der Waals surface area contributed by atoms with Crippen LogP contribution in [0.1, 0.15) is 38.2 Å². The molecule has 1 aliphatic rings. The minimum Gasteiger partial charge on any atom is -0.310 e. The van der Waals surface area contributed by atoms with Crippen LogP contribution in [0, 0.1) is 5.92 Å². The average molecular weight is 219 g/mol. The van der Waals surface area contributed by atoms with Crippen LogP contribution in [0.15, 0.2) is 19.0 Å². The van der Waals surface area contributed by atoms with Crippen LogP contribution >= 0.6 is 0 Å². The molecule has 1 saturated carbocycles. The van der Waals surface area contributed by atoms with Crippen molar-refractivity contribution in [1.82, 2.24) is 15.1 Å². The molecule has 0 amide bonds. The SMILES string of the molecule is C=Cn1cc(CNC2CCCCC2C)cn1. The first-order valence-electron chi connectivity index (χ1n) is 6.18. The van der Waals surface area contributed by atoms with Gasteiger partial charge in [-0.05, 0) is 18.8 Å². The molecule has 3 heteroatoms. The molecule has 2 rings (SSSR count). The lowest BCUT2D eigenvalue weighted by Crippen LogP contribution is -2.36. The van der Waals surface area contributed by atoms with Crippen LogP contribution in [0.25, 0.3) is 6.20 Å². The molecule has 1 fully saturated rings. The summed E-state index contributed by atoms with van der Waals surface area (Å²) in [6.07, 6.45) is 11.1.